The summed E-state index contributed by atoms with van der Waals surface area (Å²) in [4.78, 5) is 1.24. The molecule has 0 saturated carbocycles. The van der Waals surface area contributed by atoms with Crippen molar-refractivity contribution >= 4 is 33.6 Å². The molecule has 3 rings (SSSR count). The summed E-state index contributed by atoms with van der Waals surface area (Å²) in [6.45, 7) is 2.00. The van der Waals surface area contributed by atoms with Crippen molar-refractivity contribution in [3.05, 3.63) is 58.5 Å². The molecule has 2 nitrogen and oxygen atoms in total. The van der Waals surface area contributed by atoms with E-state index < -0.39 is 0 Å². The van der Waals surface area contributed by atoms with E-state index in [9.17, 15) is 0 Å². The third-order valence-electron chi connectivity index (χ3n) is 3.66. The number of ether oxygens (including phenoxy) is 2. The lowest BCUT2D eigenvalue weighted by molar-refractivity contribution is 0.388. The summed E-state index contributed by atoms with van der Waals surface area (Å²) < 4.78 is 12.1. The van der Waals surface area contributed by atoms with Gasteiger partial charge < -0.3 is 9.47 Å². The molecule has 3 heteroatoms. The quantitative estimate of drug-likeness (QED) is 0.642. The van der Waals surface area contributed by atoms with Gasteiger partial charge in [0.1, 0.15) is 11.5 Å². The Morgan fingerprint density at radius 1 is 0.909 bits per heavy atom. The van der Waals surface area contributed by atoms with Gasteiger partial charge in [-0.15, -0.1) is 11.3 Å². The van der Waals surface area contributed by atoms with Crippen LogP contribution in [-0.2, 0) is 0 Å². The standard InChI is InChI=1S/C19H18O2S/c1-13-17(20-2)10-14(11-18(13)21-3)8-9-16-12-15-6-4-5-7-19(15)22-16/h4-12H,1-3H3/b9-8+. The van der Waals surface area contributed by atoms with Crippen molar-refractivity contribution in [1.82, 2.24) is 0 Å². The Kier molecular flexibility index (Phi) is 4.16. The molecule has 0 aliphatic carbocycles. The fourth-order valence-corrected chi connectivity index (χ4v) is 3.43. The molecule has 1 aromatic heterocycles. The molecule has 112 valence electrons. The first-order valence-electron chi connectivity index (χ1n) is 7.10. The Morgan fingerprint density at radius 3 is 2.23 bits per heavy atom. The minimum absolute atomic E-state index is 0.843. The molecule has 0 N–H and O–H groups in total. The fraction of sp³-hybridized carbons (Fsp3) is 0.158. The number of hydrogen-bond acceptors (Lipinski definition) is 3. The summed E-state index contributed by atoms with van der Waals surface area (Å²) in [6.07, 6.45) is 4.23. The predicted molar refractivity (Wildman–Crippen MR) is 95.0 cm³/mol. The van der Waals surface area contributed by atoms with E-state index in [-0.39, 0.29) is 0 Å². The number of rotatable bonds is 4. The van der Waals surface area contributed by atoms with Crippen LogP contribution in [0.25, 0.3) is 22.2 Å². The topological polar surface area (TPSA) is 18.5 Å². The molecule has 1 heterocycles. The first kappa shape index (κ1) is 14.7. The molecule has 22 heavy (non-hydrogen) atoms. The minimum atomic E-state index is 0.843. The maximum atomic E-state index is 5.42. The zero-order chi connectivity index (χ0) is 15.5. The molecule has 0 unspecified atom stereocenters. The molecule has 0 aliphatic rings. The lowest BCUT2D eigenvalue weighted by Gasteiger charge is -2.10. The van der Waals surface area contributed by atoms with E-state index in [0.29, 0.717) is 0 Å². The van der Waals surface area contributed by atoms with Gasteiger partial charge in [-0.2, -0.15) is 0 Å². The van der Waals surface area contributed by atoms with Crippen LogP contribution >= 0.6 is 11.3 Å². The summed E-state index contributed by atoms with van der Waals surface area (Å²) in [6, 6.07) is 14.7. The number of fused-ring (bicyclic) bond motifs is 1. The monoisotopic (exact) mass is 310 g/mol. The van der Waals surface area contributed by atoms with Gasteiger partial charge in [-0.3, -0.25) is 0 Å². The summed E-state index contributed by atoms with van der Waals surface area (Å²) in [5.74, 6) is 1.69. The van der Waals surface area contributed by atoms with Crippen molar-refractivity contribution in [3.8, 4) is 11.5 Å². The predicted octanol–water partition coefficient (Wildman–Crippen LogP) is 5.40. The van der Waals surface area contributed by atoms with Crippen LogP contribution in [-0.4, -0.2) is 14.2 Å². The maximum Gasteiger partial charge on any atom is 0.126 e. The molecule has 0 radical (unpaired) electrons. The van der Waals surface area contributed by atoms with Gasteiger partial charge >= 0.3 is 0 Å². The van der Waals surface area contributed by atoms with Crippen LogP contribution in [0.3, 0.4) is 0 Å². The Labute approximate surface area is 134 Å². The average molecular weight is 310 g/mol. The SMILES string of the molecule is COc1cc(/C=C/c2cc3ccccc3s2)cc(OC)c1C. The van der Waals surface area contributed by atoms with Crippen LogP contribution in [0.2, 0.25) is 0 Å². The average Bonchev–Trinajstić information content (AvgIpc) is 2.96. The van der Waals surface area contributed by atoms with E-state index in [4.69, 9.17) is 9.47 Å². The van der Waals surface area contributed by atoms with E-state index in [1.807, 2.05) is 19.1 Å². The summed E-state index contributed by atoms with van der Waals surface area (Å²) in [7, 11) is 3.36. The van der Waals surface area contributed by atoms with Crippen LogP contribution in [0.15, 0.2) is 42.5 Å². The molecule has 0 bridgehead atoms. The second-order valence-corrected chi connectivity index (χ2v) is 6.19. The smallest absolute Gasteiger partial charge is 0.126 e. The van der Waals surface area contributed by atoms with Crippen molar-refractivity contribution in [2.75, 3.05) is 14.2 Å². The molecule has 3 aromatic rings. The Balaban J connectivity index is 1.94. The van der Waals surface area contributed by atoms with E-state index in [2.05, 4.69) is 42.5 Å². The molecular weight excluding hydrogens is 292 g/mol. The molecule has 0 atom stereocenters. The third kappa shape index (κ3) is 2.85. The van der Waals surface area contributed by atoms with E-state index in [1.54, 1.807) is 25.6 Å². The first-order valence-corrected chi connectivity index (χ1v) is 7.92. The van der Waals surface area contributed by atoms with Crippen molar-refractivity contribution in [3.63, 3.8) is 0 Å². The Hall–Kier alpha value is -2.26. The molecule has 0 saturated heterocycles. The highest BCUT2D eigenvalue weighted by molar-refractivity contribution is 7.19. The lowest BCUT2D eigenvalue weighted by atomic mass is 10.1. The van der Waals surface area contributed by atoms with Crippen LogP contribution in [0, 0.1) is 6.92 Å². The zero-order valence-corrected chi connectivity index (χ0v) is 13.7. The highest BCUT2D eigenvalue weighted by atomic mass is 32.1. The van der Waals surface area contributed by atoms with Gasteiger partial charge in [0.25, 0.3) is 0 Å². The van der Waals surface area contributed by atoms with Crippen molar-refractivity contribution in [2.45, 2.75) is 6.92 Å². The van der Waals surface area contributed by atoms with Gasteiger partial charge in [0.15, 0.2) is 0 Å². The molecule has 0 spiro atoms. The summed E-state index contributed by atoms with van der Waals surface area (Å²) in [5, 5.41) is 1.28. The van der Waals surface area contributed by atoms with Crippen LogP contribution in [0.1, 0.15) is 16.0 Å². The molecule has 2 aromatic carbocycles. The highest BCUT2D eigenvalue weighted by Gasteiger charge is 2.07. The van der Waals surface area contributed by atoms with Crippen LogP contribution < -0.4 is 9.47 Å². The van der Waals surface area contributed by atoms with Crippen LogP contribution in [0.4, 0.5) is 0 Å². The third-order valence-corrected chi connectivity index (χ3v) is 4.74. The number of benzene rings is 2. The number of hydrogen-bond donors (Lipinski definition) is 0. The molecule has 0 amide bonds. The largest absolute Gasteiger partial charge is 0.496 e. The second kappa shape index (κ2) is 6.24. The fourth-order valence-electron chi connectivity index (χ4n) is 2.47. The normalized spacial score (nSPS) is 11.2. The van der Waals surface area contributed by atoms with Crippen molar-refractivity contribution in [2.24, 2.45) is 0 Å². The van der Waals surface area contributed by atoms with Crippen LogP contribution in [0.5, 0.6) is 11.5 Å². The van der Waals surface area contributed by atoms with Gasteiger partial charge in [0, 0.05) is 15.1 Å². The number of thiophene rings is 1. The first-order chi connectivity index (χ1) is 10.7. The van der Waals surface area contributed by atoms with Gasteiger partial charge in [0.2, 0.25) is 0 Å². The van der Waals surface area contributed by atoms with Crippen molar-refractivity contribution < 1.29 is 9.47 Å². The van der Waals surface area contributed by atoms with Gasteiger partial charge in [-0.25, -0.2) is 0 Å². The summed E-state index contributed by atoms with van der Waals surface area (Å²) >= 11 is 1.79. The summed E-state index contributed by atoms with van der Waals surface area (Å²) in [5.41, 5.74) is 2.08. The zero-order valence-electron chi connectivity index (χ0n) is 12.9. The highest BCUT2D eigenvalue weighted by Crippen LogP contribution is 2.31. The van der Waals surface area contributed by atoms with E-state index in [0.717, 1.165) is 22.6 Å². The van der Waals surface area contributed by atoms with Gasteiger partial charge in [0.05, 0.1) is 14.2 Å². The molecule has 0 aliphatic heterocycles. The second-order valence-electron chi connectivity index (χ2n) is 5.07. The number of methoxy groups -OCH3 is 2. The molecule has 0 fully saturated rings. The minimum Gasteiger partial charge on any atom is -0.496 e. The Bertz CT molecular complexity index is 772. The van der Waals surface area contributed by atoms with Crippen molar-refractivity contribution in [1.29, 1.82) is 0 Å². The maximum absolute atomic E-state index is 5.42. The van der Waals surface area contributed by atoms with Gasteiger partial charge in [-0.05, 0) is 48.2 Å². The Morgan fingerprint density at radius 2 is 1.59 bits per heavy atom. The lowest BCUT2D eigenvalue weighted by Crippen LogP contribution is -1.93. The molecular formula is C19H18O2S. The van der Waals surface area contributed by atoms with Gasteiger partial charge in [-0.1, -0.05) is 24.3 Å². The van der Waals surface area contributed by atoms with E-state index >= 15 is 0 Å². The van der Waals surface area contributed by atoms with E-state index in [1.165, 1.54) is 15.0 Å².